The van der Waals surface area contributed by atoms with Crippen LogP contribution in [0.25, 0.3) is 0 Å². The molecular formula is C13H27ClN4O2. The van der Waals surface area contributed by atoms with E-state index in [0.29, 0.717) is 6.42 Å². The van der Waals surface area contributed by atoms with E-state index in [2.05, 4.69) is 27.7 Å². The molecule has 1 saturated heterocycles. The Balaban J connectivity index is 0.00000361. The molecule has 1 aliphatic rings. The van der Waals surface area contributed by atoms with Crippen molar-refractivity contribution in [2.45, 2.75) is 27.2 Å². The second-order valence-corrected chi connectivity index (χ2v) is 6.15. The van der Waals surface area contributed by atoms with Crippen LogP contribution in [-0.4, -0.2) is 61.4 Å². The van der Waals surface area contributed by atoms with Crippen LogP contribution in [0.15, 0.2) is 0 Å². The summed E-state index contributed by atoms with van der Waals surface area (Å²) in [7, 11) is 2.10. The van der Waals surface area contributed by atoms with Crippen molar-refractivity contribution < 1.29 is 9.59 Å². The number of likely N-dealkylation sites (N-methyl/N-ethyl adjacent to an activating group) is 1. The number of hydrogen-bond donors (Lipinski definition) is 2. The number of amides is 2. The standard InChI is InChI=1S/C13H26N4O2.ClH/c1-13(2,3)12(19)15-14-11(18)5-6-17-9-7-16(4)8-10-17;/h5-10H2,1-4H3,(H,14,18)(H,15,19);1H. The summed E-state index contributed by atoms with van der Waals surface area (Å²) in [6, 6.07) is 0. The van der Waals surface area contributed by atoms with Gasteiger partial charge in [-0.2, -0.15) is 0 Å². The normalized spacial score (nSPS) is 17.2. The van der Waals surface area contributed by atoms with Gasteiger partial charge in [0.05, 0.1) is 0 Å². The number of hydrazine groups is 1. The second kappa shape index (κ2) is 8.44. The van der Waals surface area contributed by atoms with Gasteiger partial charge in [0, 0.05) is 44.6 Å². The van der Waals surface area contributed by atoms with E-state index in [1.165, 1.54) is 0 Å². The predicted octanol–water partition coefficient (Wildman–Crippen LogP) is 0.239. The molecular weight excluding hydrogens is 280 g/mol. The molecule has 6 nitrogen and oxygen atoms in total. The van der Waals surface area contributed by atoms with Gasteiger partial charge in [-0.15, -0.1) is 12.4 Å². The van der Waals surface area contributed by atoms with Crippen molar-refractivity contribution in [2.24, 2.45) is 5.41 Å². The summed E-state index contributed by atoms with van der Waals surface area (Å²) in [5, 5.41) is 0. The average molecular weight is 307 g/mol. The fourth-order valence-electron chi connectivity index (χ4n) is 1.71. The number of nitrogens with zero attached hydrogens (tertiary/aromatic N) is 2. The first kappa shape index (κ1) is 19.1. The van der Waals surface area contributed by atoms with Gasteiger partial charge in [0.15, 0.2) is 0 Å². The lowest BCUT2D eigenvalue weighted by Crippen LogP contribution is -2.48. The Labute approximate surface area is 127 Å². The summed E-state index contributed by atoms with van der Waals surface area (Å²) in [5.41, 5.74) is 4.42. The number of carbonyl (C=O) groups excluding carboxylic acids is 2. The smallest absolute Gasteiger partial charge is 0.243 e. The van der Waals surface area contributed by atoms with Crippen LogP contribution in [0.1, 0.15) is 27.2 Å². The zero-order chi connectivity index (χ0) is 14.5. The Morgan fingerprint density at radius 1 is 1.05 bits per heavy atom. The van der Waals surface area contributed by atoms with Crippen LogP contribution in [0.2, 0.25) is 0 Å². The van der Waals surface area contributed by atoms with Gasteiger partial charge in [0.1, 0.15) is 0 Å². The predicted molar refractivity (Wildman–Crippen MR) is 81.5 cm³/mol. The van der Waals surface area contributed by atoms with E-state index in [1.54, 1.807) is 20.8 Å². The van der Waals surface area contributed by atoms with Crippen molar-refractivity contribution in [3.05, 3.63) is 0 Å². The highest BCUT2D eigenvalue weighted by atomic mass is 35.5. The number of halogens is 1. The first-order valence-corrected chi connectivity index (χ1v) is 6.79. The molecule has 1 fully saturated rings. The van der Waals surface area contributed by atoms with Crippen LogP contribution < -0.4 is 10.9 Å². The monoisotopic (exact) mass is 306 g/mol. The lowest BCUT2D eigenvalue weighted by atomic mass is 9.96. The van der Waals surface area contributed by atoms with E-state index >= 15 is 0 Å². The Morgan fingerprint density at radius 2 is 1.60 bits per heavy atom. The van der Waals surface area contributed by atoms with Crippen LogP contribution in [-0.2, 0) is 9.59 Å². The minimum Gasteiger partial charge on any atom is -0.304 e. The number of hydrogen-bond acceptors (Lipinski definition) is 4. The van der Waals surface area contributed by atoms with Gasteiger partial charge in [-0.05, 0) is 7.05 Å². The molecule has 0 aromatic carbocycles. The molecule has 0 saturated carbocycles. The van der Waals surface area contributed by atoms with Gasteiger partial charge in [0.25, 0.3) is 0 Å². The number of carbonyl (C=O) groups is 2. The van der Waals surface area contributed by atoms with E-state index in [-0.39, 0.29) is 24.2 Å². The summed E-state index contributed by atoms with van der Waals surface area (Å²) in [5.74, 6) is -0.322. The maximum absolute atomic E-state index is 11.6. The zero-order valence-corrected chi connectivity index (χ0v) is 13.7. The minimum absolute atomic E-state index is 0. The number of rotatable bonds is 3. The molecule has 0 aliphatic carbocycles. The molecule has 2 amide bonds. The maximum Gasteiger partial charge on any atom is 0.243 e. The summed E-state index contributed by atoms with van der Waals surface area (Å²) < 4.78 is 0. The molecule has 2 N–H and O–H groups in total. The van der Waals surface area contributed by atoms with Gasteiger partial charge >= 0.3 is 0 Å². The van der Waals surface area contributed by atoms with Crippen LogP contribution in [0.5, 0.6) is 0 Å². The average Bonchev–Trinajstić information content (AvgIpc) is 2.34. The largest absolute Gasteiger partial charge is 0.304 e. The molecule has 0 aromatic rings. The summed E-state index contributed by atoms with van der Waals surface area (Å²) in [6.45, 7) is 10.2. The summed E-state index contributed by atoms with van der Waals surface area (Å²) in [6.07, 6.45) is 0.411. The highest BCUT2D eigenvalue weighted by Gasteiger charge is 2.21. The number of nitrogens with one attached hydrogen (secondary N) is 2. The van der Waals surface area contributed by atoms with Crippen molar-refractivity contribution in [3.8, 4) is 0 Å². The van der Waals surface area contributed by atoms with Crippen molar-refractivity contribution in [3.63, 3.8) is 0 Å². The molecule has 0 atom stereocenters. The van der Waals surface area contributed by atoms with Crippen molar-refractivity contribution in [1.29, 1.82) is 0 Å². The molecule has 0 radical (unpaired) electrons. The fraction of sp³-hybridized carbons (Fsp3) is 0.846. The summed E-state index contributed by atoms with van der Waals surface area (Å²) >= 11 is 0. The van der Waals surface area contributed by atoms with E-state index in [0.717, 1.165) is 32.7 Å². The molecule has 0 unspecified atom stereocenters. The first-order chi connectivity index (χ1) is 8.79. The summed E-state index contributed by atoms with van der Waals surface area (Å²) in [4.78, 5) is 27.7. The maximum atomic E-state index is 11.6. The van der Waals surface area contributed by atoms with Gasteiger partial charge in [-0.25, -0.2) is 0 Å². The van der Waals surface area contributed by atoms with Crippen LogP contribution in [0.3, 0.4) is 0 Å². The lowest BCUT2D eigenvalue weighted by Gasteiger charge is -2.32. The number of piperazine rings is 1. The molecule has 20 heavy (non-hydrogen) atoms. The van der Waals surface area contributed by atoms with E-state index in [4.69, 9.17) is 0 Å². The van der Waals surface area contributed by atoms with Gasteiger partial charge < -0.3 is 9.80 Å². The highest BCUT2D eigenvalue weighted by Crippen LogP contribution is 2.11. The molecule has 0 spiro atoms. The lowest BCUT2D eigenvalue weighted by molar-refractivity contribution is -0.133. The molecule has 1 heterocycles. The Bertz CT molecular complexity index is 323. The molecule has 0 bridgehead atoms. The molecule has 0 aromatic heterocycles. The Kier molecular flexibility index (Phi) is 8.08. The first-order valence-electron chi connectivity index (χ1n) is 6.79. The van der Waals surface area contributed by atoms with Crippen LogP contribution in [0, 0.1) is 5.41 Å². The SMILES string of the molecule is CN1CCN(CCC(=O)NNC(=O)C(C)(C)C)CC1.Cl. The van der Waals surface area contributed by atoms with Gasteiger partial charge in [0.2, 0.25) is 11.8 Å². The zero-order valence-electron chi connectivity index (χ0n) is 12.9. The van der Waals surface area contributed by atoms with E-state index < -0.39 is 5.41 Å². The van der Waals surface area contributed by atoms with Crippen LogP contribution >= 0.6 is 12.4 Å². The molecule has 118 valence electrons. The molecule has 1 aliphatic heterocycles. The van der Waals surface area contributed by atoms with Crippen LogP contribution in [0.4, 0.5) is 0 Å². The highest BCUT2D eigenvalue weighted by molar-refractivity contribution is 5.85. The third-order valence-corrected chi connectivity index (χ3v) is 3.25. The third kappa shape index (κ3) is 7.07. The van der Waals surface area contributed by atoms with E-state index in [1.807, 2.05) is 0 Å². The quantitative estimate of drug-likeness (QED) is 0.733. The Hall–Kier alpha value is -0.850. The molecule has 7 heteroatoms. The fourth-order valence-corrected chi connectivity index (χ4v) is 1.71. The van der Waals surface area contributed by atoms with Gasteiger partial charge in [-0.1, -0.05) is 20.8 Å². The second-order valence-electron chi connectivity index (χ2n) is 6.15. The van der Waals surface area contributed by atoms with E-state index in [9.17, 15) is 9.59 Å². The van der Waals surface area contributed by atoms with Crippen molar-refractivity contribution >= 4 is 24.2 Å². The molecule has 1 rings (SSSR count). The van der Waals surface area contributed by atoms with Gasteiger partial charge in [-0.3, -0.25) is 20.4 Å². The van der Waals surface area contributed by atoms with Crippen molar-refractivity contribution in [2.75, 3.05) is 39.8 Å². The minimum atomic E-state index is -0.495. The van der Waals surface area contributed by atoms with Crippen molar-refractivity contribution in [1.82, 2.24) is 20.7 Å². The topological polar surface area (TPSA) is 64.7 Å². The Morgan fingerprint density at radius 3 is 2.10 bits per heavy atom. The third-order valence-electron chi connectivity index (χ3n) is 3.25.